The van der Waals surface area contributed by atoms with Crippen molar-refractivity contribution in [3.63, 3.8) is 0 Å². The van der Waals surface area contributed by atoms with E-state index in [-0.39, 0.29) is 11.6 Å². The third-order valence-corrected chi connectivity index (χ3v) is 3.03. The number of rotatable bonds is 1. The molecule has 0 unspecified atom stereocenters. The molecular weight excluding hydrogens is 184 g/mol. The summed E-state index contributed by atoms with van der Waals surface area (Å²) in [6.45, 7) is 1.55. The Bertz CT molecular complexity index is 370. The zero-order valence-electron chi connectivity index (χ0n) is 8.11. The van der Waals surface area contributed by atoms with Gasteiger partial charge in [0, 0.05) is 11.1 Å². The van der Waals surface area contributed by atoms with Crippen LogP contribution in [0.4, 0.5) is 8.78 Å². The van der Waals surface area contributed by atoms with Gasteiger partial charge in [-0.15, -0.1) is 0 Å². The summed E-state index contributed by atoms with van der Waals surface area (Å²) in [5, 5.41) is 0. The number of nitrogens with two attached hydrogens (primary N) is 1. The minimum absolute atomic E-state index is 0.326. The molecule has 0 aliphatic heterocycles. The van der Waals surface area contributed by atoms with Gasteiger partial charge in [0.1, 0.15) is 11.6 Å². The number of benzene rings is 1. The van der Waals surface area contributed by atoms with E-state index in [9.17, 15) is 8.78 Å². The molecule has 0 bridgehead atoms. The Hall–Kier alpha value is -0.960. The van der Waals surface area contributed by atoms with Gasteiger partial charge in [0.2, 0.25) is 0 Å². The van der Waals surface area contributed by atoms with Crippen molar-refractivity contribution < 1.29 is 8.78 Å². The summed E-state index contributed by atoms with van der Waals surface area (Å²) in [6, 6.07) is 2.46. The lowest BCUT2D eigenvalue weighted by molar-refractivity contribution is 0.244. The highest BCUT2D eigenvalue weighted by Gasteiger charge is 2.36. The minimum atomic E-state index is -0.626. The van der Waals surface area contributed by atoms with Gasteiger partial charge in [0.25, 0.3) is 0 Å². The first-order chi connectivity index (χ1) is 6.53. The molecule has 1 fully saturated rings. The predicted molar refractivity (Wildman–Crippen MR) is 50.8 cm³/mol. The first kappa shape index (κ1) is 9.59. The average molecular weight is 197 g/mol. The van der Waals surface area contributed by atoms with E-state index in [1.165, 1.54) is 12.1 Å². The maximum Gasteiger partial charge on any atom is 0.128 e. The van der Waals surface area contributed by atoms with E-state index >= 15 is 0 Å². The van der Waals surface area contributed by atoms with Crippen LogP contribution in [0.25, 0.3) is 0 Å². The van der Waals surface area contributed by atoms with E-state index < -0.39 is 5.54 Å². The fraction of sp³-hybridized carbons (Fsp3) is 0.455. The van der Waals surface area contributed by atoms with Gasteiger partial charge in [-0.1, -0.05) is 0 Å². The molecule has 2 N–H and O–H groups in total. The lowest BCUT2D eigenvalue weighted by atomic mass is 9.72. The third-order valence-electron chi connectivity index (χ3n) is 3.03. The van der Waals surface area contributed by atoms with Crippen molar-refractivity contribution in [2.24, 2.45) is 5.73 Å². The molecule has 0 radical (unpaired) electrons. The molecule has 76 valence electrons. The molecule has 1 aliphatic carbocycles. The van der Waals surface area contributed by atoms with Crippen molar-refractivity contribution in [1.29, 1.82) is 0 Å². The number of halogens is 2. The fourth-order valence-corrected chi connectivity index (χ4v) is 1.85. The highest BCUT2D eigenvalue weighted by molar-refractivity contribution is 5.32. The molecule has 14 heavy (non-hydrogen) atoms. The lowest BCUT2D eigenvalue weighted by Gasteiger charge is -2.38. The number of hydrogen-bond donors (Lipinski definition) is 1. The number of hydrogen-bond acceptors (Lipinski definition) is 1. The van der Waals surface area contributed by atoms with Gasteiger partial charge in [0.15, 0.2) is 0 Å². The lowest BCUT2D eigenvalue weighted by Crippen LogP contribution is -2.44. The minimum Gasteiger partial charge on any atom is -0.321 e. The summed E-state index contributed by atoms with van der Waals surface area (Å²) in [6.07, 6.45) is 2.48. The normalized spacial score (nSPS) is 19.1. The molecule has 1 aliphatic rings. The van der Waals surface area contributed by atoms with E-state index in [4.69, 9.17) is 5.73 Å². The molecule has 1 saturated carbocycles. The Labute approximate surface area is 81.9 Å². The predicted octanol–water partition coefficient (Wildman–Crippen LogP) is 2.61. The smallest absolute Gasteiger partial charge is 0.128 e. The van der Waals surface area contributed by atoms with Crippen LogP contribution in [0.5, 0.6) is 0 Å². The second-order valence-corrected chi connectivity index (χ2v) is 4.09. The standard InChI is InChI=1S/C11H13F2N/c1-7-5-10(13)8(6-9(7)12)11(14)3-2-4-11/h5-6H,2-4,14H2,1H3. The van der Waals surface area contributed by atoms with E-state index in [1.54, 1.807) is 6.92 Å². The largest absolute Gasteiger partial charge is 0.321 e. The van der Waals surface area contributed by atoms with Gasteiger partial charge in [-0.2, -0.15) is 0 Å². The molecule has 0 amide bonds. The number of aryl methyl sites for hydroxylation is 1. The van der Waals surface area contributed by atoms with Crippen molar-refractivity contribution in [2.75, 3.05) is 0 Å². The maximum absolute atomic E-state index is 13.5. The van der Waals surface area contributed by atoms with Gasteiger partial charge in [0.05, 0.1) is 0 Å². The third kappa shape index (κ3) is 1.32. The van der Waals surface area contributed by atoms with Crippen molar-refractivity contribution in [1.82, 2.24) is 0 Å². The fourth-order valence-electron chi connectivity index (χ4n) is 1.85. The monoisotopic (exact) mass is 197 g/mol. The molecule has 1 aromatic carbocycles. The summed E-state index contributed by atoms with van der Waals surface area (Å²) in [7, 11) is 0. The Morgan fingerprint density at radius 2 is 1.86 bits per heavy atom. The quantitative estimate of drug-likeness (QED) is 0.735. The van der Waals surface area contributed by atoms with Crippen LogP contribution < -0.4 is 5.73 Å². The van der Waals surface area contributed by atoms with Crippen LogP contribution in [0, 0.1) is 18.6 Å². The second kappa shape index (κ2) is 3.02. The van der Waals surface area contributed by atoms with E-state index in [1.807, 2.05) is 0 Å². The van der Waals surface area contributed by atoms with Crippen LogP contribution in [0.15, 0.2) is 12.1 Å². The molecule has 0 saturated heterocycles. The van der Waals surface area contributed by atoms with Crippen LogP contribution in [-0.4, -0.2) is 0 Å². The molecule has 0 spiro atoms. The topological polar surface area (TPSA) is 26.0 Å². The molecule has 0 heterocycles. The van der Waals surface area contributed by atoms with Gasteiger partial charge in [-0.25, -0.2) is 8.78 Å². The Kier molecular flexibility index (Phi) is 2.07. The van der Waals surface area contributed by atoms with Crippen molar-refractivity contribution in [3.05, 3.63) is 34.9 Å². The van der Waals surface area contributed by atoms with E-state index in [0.717, 1.165) is 19.3 Å². The Morgan fingerprint density at radius 3 is 2.36 bits per heavy atom. The van der Waals surface area contributed by atoms with Crippen LogP contribution in [0.1, 0.15) is 30.4 Å². The van der Waals surface area contributed by atoms with E-state index in [0.29, 0.717) is 11.1 Å². The molecule has 1 nitrogen and oxygen atoms in total. The van der Waals surface area contributed by atoms with Crippen molar-refractivity contribution >= 4 is 0 Å². The highest BCUT2D eigenvalue weighted by atomic mass is 19.1. The van der Waals surface area contributed by atoms with Crippen molar-refractivity contribution in [2.45, 2.75) is 31.7 Å². The molecule has 0 aromatic heterocycles. The van der Waals surface area contributed by atoms with E-state index in [2.05, 4.69) is 0 Å². The first-order valence-corrected chi connectivity index (χ1v) is 4.78. The zero-order chi connectivity index (χ0) is 10.3. The SMILES string of the molecule is Cc1cc(F)c(C2(N)CCC2)cc1F. The van der Waals surface area contributed by atoms with Crippen molar-refractivity contribution in [3.8, 4) is 0 Å². The van der Waals surface area contributed by atoms with Crippen LogP contribution in [0.3, 0.4) is 0 Å². The second-order valence-electron chi connectivity index (χ2n) is 4.09. The molecule has 1 aromatic rings. The molecular formula is C11H13F2N. The summed E-state index contributed by atoms with van der Waals surface area (Å²) in [4.78, 5) is 0. The molecule has 2 rings (SSSR count). The maximum atomic E-state index is 13.5. The zero-order valence-corrected chi connectivity index (χ0v) is 8.11. The van der Waals surface area contributed by atoms with Crippen LogP contribution in [-0.2, 0) is 5.54 Å². The molecule has 0 atom stereocenters. The van der Waals surface area contributed by atoms with Gasteiger partial charge in [-0.3, -0.25) is 0 Å². The first-order valence-electron chi connectivity index (χ1n) is 4.78. The van der Waals surface area contributed by atoms with Crippen LogP contribution in [0.2, 0.25) is 0 Å². The van der Waals surface area contributed by atoms with Gasteiger partial charge in [-0.05, 0) is 43.9 Å². The summed E-state index contributed by atoms with van der Waals surface area (Å²) in [5.74, 6) is -0.760. The summed E-state index contributed by atoms with van der Waals surface area (Å²) < 4.78 is 26.7. The Morgan fingerprint density at radius 1 is 1.21 bits per heavy atom. The average Bonchev–Trinajstić information content (AvgIpc) is 2.07. The Balaban J connectivity index is 2.48. The summed E-state index contributed by atoms with van der Waals surface area (Å²) in [5.41, 5.74) is 5.96. The summed E-state index contributed by atoms with van der Waals surface area (Å²) >= 11 is 0. The highest BCUT2D eigenvalue weighted by Crippen LogP contribution is 2.40. The molecule has 3 heteroatoms. The van der Waals surface area contributed by atoms with Crippen LogP contribution >= 0.6 is 0 Å². The van der Waals surface area contributed by atoms with Gasteiger partial charge < -0.3 is 5.73 Å². The van der Waals surface area contributed by atoms with Gasteiger partial charge >= 0.3 is 0 Å².